The molecule has 1 fully saturated rings. The van der Waals surface area contributed by atoms with E-state index in [-0.39, 0.29) is 11.4 Å². The van der Waals surface area contributed by atoms with Gasteiger partial charge in [-0.15, -0.1) is 0 Å². The molecule has 1 aliphatic rings. The minimum atomic E-state index is -3.57. The largest absolute Gasteiger partial charge is 0.497 e. The predicted octanol–water partition coefficient (Wildman–Crippen LogP) is 2.90. The van der Waals surface area contributed by atoms with E-state index in [1.165, 1.54) is 17.8 Å². The van der Waals surface area contributed by atoms with Crippen molar-refractivity contribution in [1.29, 1.82) is 0 Å². The van der Waals surface area contributed by atoms with Gasteiger partial charge in [-0.05, 0) is 54.1 Å². The molecule has 2 heterocycles. The van der Waals surface area contributed by atoms with Crippen LogP contribution in [0.4, 0.5) is 11.4 Å². The van der Waals surface area contributed by atoms with Crippen LogP contribution in [-0.2, 0) is 16.6 Å². The molecular weight excluding hydrogens is 412 g/mol. The van der Waals surface area contributed by atoms with E-state index in [4.69, 9.17) is 4.74 Å². The second-order valence-corrected chi connectivity index (χ2v) is 9.11. The van der Waals surface area contributed by atoms with Crippen molar-refractivity contribution in [3.63, 3.8) is 0 Å². The van der Waals surface area contributed by atoms with Gasteiger partial charge in [0.2, 0.25) is 10.0 Å². The first kappa shape index (κ1) is 21.1. The lowest BCUT2D eigenvalue weighted by atomic mass is 10.1. The Labute approximate surface area is 183 Å². The average molecular weight is 439 g/mol. The summed E-state index contributed by atoms with van der Waals surface area (Å²) < 4.78 is 32.7. The third-order valence-corrected chi connectivity index (χ3v) is 6.86. The molecular formula is C23H26N4O3S. The highest BCUT2D eigenvalue weighted by Gasteiger charge is 2.18. The van der Waals surface area contributed by atoms with E-state index in [0.29, 0.717) is 5.75 Å². The fourth-order valence-corrected chi connectivity index (χ4v) is 4.64. The first-order chi connectivity index (χ1) is 15.0. The first-order valence-corrected chi connectivity index (χ1v) is 11.7. The number of pyridine rings is 1. The lowest BCUT2D eigenvalue weighted by Gasteiger charge is -2.37. The van der Waals surface area contributed by atoms with Crippen molar-refractivity contribution < 1.29 is 13.2 Å². The summed E-state index contributed by atoms with van der Waals surface area (Å²) in [7, 11) is -2.02. The molecule has 0 spiro atoms. The number of benzene rings is 2. The van der Waals surface area contributed by atoms with Gasteiger partial charge in [0.1, 0.15) is 5.75 Å². The van der Waals surface area contributed by atoms with Crippen LogP contribution in [0.3, 0.4) is 0 Å². The fourth-order valence-electron chi connectivity index (χ4n) is 3.62. The molecule has 0 saturated carbocycles. The standard InChI is InChI=1S/C23H26N4O3S/c1-30-22-6-8-23(9-7-22)31(28,29)25-18-19-2-4-20(5-3-19)26-14-16-27(17-15-26)21-10-12-24-13-11-21/h2-13,25H,14-18H2,1H3. The number of hydrogen-bond donors (Lipinski definition) is 1. The molecule has 4 rings (SSSR count). The number of anilines is 2. The van der Waals surface area contributed by atoms with Gasteiger partial charge in [0.15, 0.2) is 0 Å². The molecule has 8 heteroatoms. The number of sulfonamides is 1. The van der Waals surface area contributed by atoms with Crippen LogP contribution in [-0.4, -0.2) is 46.7 Å². The summed E-state index contributed by atoms with van der Waals surface area (Å²) in [5, 5.41) is 0. The zero-order chi connectivity index (χ0) is 21.7. The van der Waals surface area contributed by atoms with E-state index >= 15 is 0 Å². The van der Waals surface area contributed by atoms with Crippen molar-refractivity contribution in [3.8, 4) is 5.75 Å². The highest BCUT2D eigenvalue weighted by Crippen LogP contribution is 2.21. The zero-order valence-electron chi connectivity index (χ0n) is 17.4. The molecule has 0 amide bonds. The lowest BCUT2D eigenvalue weighted by molar-refractivity contribution is 0.414. The molecule has 1 N–H and O–H groups in total. The Balaban J connectivity index is 1.32. The number of nitrogens with zero attached hydrogens (tertiary/aromatic N) is 3. The monoisotopic (exact) mass is 438 g/mol. The summed E-state index contributed by atoms with van der Waals surface area (Å²) in [6.07, 6.45) is 3.65. The van der Waals surface area contributed by atoms with Crippen LogP contribution in [0.2, 0.25) is 0 Å². The highest BCUT2D eigenvalue weighted by atomic mass is 32.2. The Morgan fingerprint density at radius 3 is 1.94 bits per heavy atom. The van der Waals surface area contributed by atoms with Gasteiger partial charge in [0.05, 0.1) is 12.0 Å². The van der Waals surface area contributed by atoms with Gasteiger partial charge in [-0.2, -0.15) is 0 Å². The molecule has 162 valence electrons. The second-order valence-electron chi connectivity index (χ2n) is 7.35. The number of nitrogens with one attached hydrogen (secondary N) is 1. The van der Waals surface area contributed by atoms with Crippen molar-refractivity contribution in [1.82, 2.24) is 9.71 Å². The topological polar surface area (TPSA) is 74.8 Å². The van der Waals surface area contributed by atoms with Crippen molar-refractivity contribution in [2.75, 3.05) is 43.1 Å². The average Bonchev–Trinajstić information content (AvgIpc) is 2.84. The zero-order valence-corrected chi connectivity index (χ0v) is 18.3. The summed E-state index contributed by atoms with van der Waals surface area (Å²) in [5.74, 6) is 0.621. The van der Waals surface area contributed by atoms with Crippen LogP contribution in [0, 0.1) is 0 Å². The number of aromatic nitrogens is 1. The number of rotatable bonds is 7. The predicted molar refractivity (Wildman–Crippen MR) is 122 cm³/mol. The third-order valence-electron chi connectivity index (χ3n) is 5.45. The number of methoxy groups -OCH3 is 1. The summed E-state index contributed by atoms with van der Waals surface area (Å²) >= 11 is 0. The maximum absolute atomic E-state index is 12.5. The highest BCUT2D eigenvalue weighted by molar-refractivity contribution is 7.89. The quantitative estimate of drug-likeness (QED) is 0.611. The van der Waals surface area contributed by atoms with Crippen LogP contribution in [0.15, 0.2) is 78.0 Å². The van der Waals surface area contributed by atoms with Gasteiger partial charge in [0, 0.05) is 56.5 Å². The third kappa shape index (κ3) is 5.15. The molecule has 31 heavy (non-hydrogen) atoms. The Morgan fingerprint density at radius 2 is 1.39 bits per heavy atom. The summed E-state index contributed by atoms with van der Waals surface area (Å²) in [6.45, 7) is 4.02. The van der Waals surface area contributed by atoms with Crippen LogP contribution in [0.1, 0.15) is 5.56 Å². The van der Waals surface area contributed by atoms with E-state index < -0.39 is 10.0 Å². The van der Waals surface area contributed by atoms with Gasteiger partial charge in [-0.25, -0.2) is 13.1 Å². The summed E-state index contributed by atoms with van der Waals surface area (Å²) in [4.78, 5) is 9.01. The molecule has 0 radical (unpaired) electrons. The maximum atomic E-state index is 12.5. The summed E-state index contributed by atoms with van der Waals surface area (Å²) in [6, 6.07) is 18.5. The van der Waals surface area contributed by atoms with Crippen molar-refractivity contribution >= 4 is 21.4 Å². The number of piperazine rings is 1. The van der Waals surface area contributed by atoms with E-state index in [1.807, 2.05) is 36.7 Å². The van der Waals surface area contributed by atoms with Crippen LogP contribution < -0.4 is 19.3 Å². The Morgan fingerprint density at radius 1 is 0.839 bits per heavy atom. The van der Waals surface area contributed by atoms with Gasteiger partial charge in [-0.1, -0.05) is 12.1 Å². The van der Waals surface area contributed by atoms with Crippen LogP contribution in [0.25, 0.3) is 0 Å². The minimum Gasteiger partial charge on any atom is -0.497 e. The SMILES string of the molecule is COc1ccc(S(=O)(=O)NCc2ccc(N3CCN(c4ccncc4)CC3)cc2)cc1. The molecule has 0 aliphatic carbocycles. The number of hydrogen-bond acceptors (Lipinski definition) is 6. The van der Waals surface area contributed by atoms with Gasteiger partial charge >= 0.3 is 0 Å². The minimum absolute atomic E-state index is 0.219. The van der Waals surface area contributed by atoms with Crippen molar-refractivity contribution in [2.24, 2.45) is 0 Å². The molecule has 1 aromatic heterocycles. The van der Waals surface area contributed by atoms with Crippen molar-refractivity contribution in [2.45, 2.75) is 11.4 Å². The molecule has 0 bridgehead atoms. The lowest BCUT2D eigenvalue weighted by Crippen LogP contribution is -2.46. The molecule has 2 aromatic carbocycles. The van der Waals surface area contributed by atoms with E-state index in [2.05, 4.69) is 31.6 Å². The Hall–Kier alpha value is -3.10. The second kappa shape index (κ2) is 9.36. The van der Waals surface area contributed by atoms with Gasteiger partial charge < -0.3 is 14.5 Å². The summed E-state index contributed by atoms with van der Waals surface area (Å²) in [5.41, 5.74) is 3.27. The molecule has 1 saturated heterocycles. The molecule has 1 aliphatic heterocycles. The smallest absolute Gasteiger partial charge is 0.240 e. The van der Waals surface area contributed by atoms with Crippen LogP contribution >= 0.6 is 0 Å². The van der Waals surface area contributed by atoms with E-state index in [9.17, 15) is 8.42 Å². The number of ether oxygens (including phenoxy) is 1. The van der Waals surface area contributed by atoms with E-state index in [1.54, 1.807) is 19.2 Å². The Bertz CT molecular complexity index is 1080. The fraction of sp³-hybridized carbons (Fsp3) is 0.261. The molecule has 3 aromatic rings. The molecule has 0 atom stereocenters. The maximum Gasteiger partial charge on any atom is 0.240 e. The van der Waals surface area contributed by atoms with Crippen molar-refractivity contribution in [3.05, 3.63) is 78.6 Å². The normalized spacial score (nSPS) is 14.5. The Kier molecular flexibility index (Phi) is 6.39. The van der Waals surface area contributed by atoms with Gasteiger partial charge in [-0.3, -0.25) is 4.98 Å². The van der Waals surface area contributed by atoms with E-state index in [0.717, 1.165) is 37.4 Å². The molecule has 7 nitrogen and oxygen atoms in total. The first-order valence-electron chi connectivity index (χ1n) is 10.2. The van der Waals surface area contributed by atoms with Crippen LogP contribution in [0.5, 0.6) is 5.75 Å². The van der Waals surface area contributed by atoms with Gasteiger partial charge in [0.25, 0.3) is 0 Å². The molecule has 0 unspecified atom stereocenters.